The van der Waals surface area contributed by atoms with E-state index in [1.807, 2.05) is 24.4 Å². The maximum atomic E-state index is 4.55. The summed E-state index contributed by atoms with van der Waals surface area (Å²) in [5.74, 6) is 0.951. The molecule has 0 spiro atoms. The maximum absolute atomic E-state index is 4.55. The first kappa shape index (κ1) is 16.9. The zero-order valence-corrected chi connectivity index (χ0v) is 15.5. The van der Waals surface area contributed by atoms with Crippen LogP contribution >= 0.6 is 0 Å². The van der Waals surface area contributed by atoms with Crippen molar-refractivity contribution < 1.29 is 0 Å². The first-order valence-electron chi connectivity index (χ1n) is 9.34. The van der Waals surface area contributed by atoms with Gasteiger partial charge in [0, 0.05) is 55.4 Å². The zero-order chi connectivity index (χ0) is 17.9. The largest absolute Gasteiger partial charge is 0.366 e. The lowest BCUT2D eigenvalue weighted by Gasteiger charge is -2.41. The quantitative estimate of drug-likeness (QED) is 0.772. The van der Waals surface area contributed by atoms with Gasteiger partial charge in [0.2, 0.25) is 0 Å². The second kappa shape index (κ2) is 7.34. The molecule has 0 bridgehead atoms. The maximum Gasteiger partial charge on any atom is 0.137 e. The molecule has 4 heteroatoms. The molecule has 0 amide bonds. The van der Waals surface area contributed by atoms with Gasteiger partial charge in [0.1, 0.15) is 5.82 Å². The summed E-state index contributed by atoms with van der Waals surface area (Å²) in [6, 6.07) is 19.6. The molecule has 0 saturated carbocycles. The van der Waals surface area contributed by atoms with E-state index in [0.29, 0.717) is 6.04 Å². The van der Waals surface area contributed by atoms with Crippen LogP contribution in [0.3, 0.4) is 0 Å². The van der Waals surface area contributed by atoms with Crippen molar-refractivity contribution in [1.29, 1.82) is 0 Å². The van der Waals surface area contributed by atoms with Gasteiger partial charge in [-0.2, -0.15) is 0 Å². The molecule has 1 N–H and O–H groups in total. The van der Waals surface area contributed by atoms with Gasteiger partial charge in [0.15, 0.2) is 0 Å². The highest BCUT2D eigenvalue weighted by Crippen LogP contribution is 2.23. The summed E-state index contributed by atoms with van der Waals surface area (Å²) in [5.41, 5.74) is 4.98. The van der Waals surface area contributed by atoms with Gasteiger partial charge >= 0.3 is 0 Å². The van der Waals surface area contributed by atoms with Crippen molar-refractivity contribution in [3.05, 3.63) is 72.1 Å². The van der Waals surface area contributed by atoms with Gasteiger partial charge in [-0.3, -0.25) is 4.90 Å². The molecule has 1 fully saturated rings. The molecular formula is C22H26N4. The molecule has 1 saturated heterocycles. The predicted molar refractivity (Wildman–Crippen MR) is 107 cm³/mol. The Kier molecular flexibility index (Phi) is 4.76. The third-order valence-corrected chi connectivity index (χ3v) is 5.11. The van der Waals surface area contributed by atoms with Crippen molar-refractivity contribution in [2.24, 2.45) is 0 Å². The summed E-state index contributed by atoms with van der Waals surface area (Å²) in [7, 11) is 0. The summed E-state index contributed by atoms with van der Waals surface area (Å²) in [6.07, 6.45) is 1.97. The average molecular weight is 346 g/mol. The second-order valence-electron chi connectivity index (χ2n) is 7.24. The molecule has 134 valence electrons. The predicted octanol–water partition coefficient (Wildman–Crippen LogP) is 4.10. The molecule has 1 aliphatic rings. The fourth-order valence-electron chi connectivity index (χ4n) is 3.79. The lowest BCUT2D eigenvalue weighted by Crippen LogP contribution is -2.51. The second-order valence-corrected chi connectivity index (χ2v) is 7.24. The summed E-state index contributed by atoms with van der Waals surface area (Å²) in [5, 5.41) is 0. The number of nitrogens with zero attached hydrogens (tertiary/aromatic N) is 3. The smallest absolute Gasteiger partial charge is 0.137 e. The van der Waals surface area contributed by atoms with E-state index >= 15 is 0 Å². The van der Waals surface area contributed by atoms with Crippen LogP contribution < -0.4 is 4.90 Å². The zero-order valence-electron chi connectivity index (χ0n) is 15.5. The summed E-state index contributed by atoms with van der Waals surface area (Å²) < 4.78 is 0. The van der Waals surface area contributed by atoms with E-state index in [2.05, 4.69) is 70.0 Å². The van der Waals surface area contributed by atoms with Crippen molar-refractivity contribution >= 4 is 5.69 Å². The first-order chi connectivity index (χ1) is 12.7. The number of nitrogens with one attached hydrogen (secondary N) is 1. The number of benzene rings is 2. The van der Waals surface area contributed by atoms with E-state index in [9.17, 15) is 0 Å². The Morgan fingerprint density at radius 2 is 1.92 bits per heavy atom. The molecule has 0 aliphatic carbocycles. The van der Waals surface area contributed by atoms with E-state index in [-0.39, 0.29) is 0 Å². The third kappa shape index (κ3) is 3.65. The normalized spacial score (nSPS) is 18.2. The van der Waals surface area contributed by atoms with Gasteiger partial charge in [-0.25, -0.2) is 4.98 Å². The number of rotatable bonds is 4. The molecule has 1 unspecified atom stereocenters. The van der Waals surface area contributed by atoms with Gasteiger partial charge in [0.05, 0.1) is 0 Å². The number of piperazine rings is 1. The number of H-pyrrole nitrogens is 1. The molecule has 4 rings (SSSR count). The summed E-state index contributed by atoms with van der Waals surface area (Å²) in [4.78, 5) is 13.1. The third-order valence-electron chi connectivity index (χ3n) is 5.11. The van der Waals surface area contributed by atoms with Crippen LogP contribution in [-0.4, -0.2) is 40.5 Å². The minimum absolute atomic E-state index is 0.502. The number of anilines is 1. The standard InChI is InChI=1S/C22H26N4/c1-17-7-6-10-21(13-17)26-12-11-25(15-18(26)2)16-20-14-23-22(24-20)19-8-4-3-5-9-19/h3-10,13-14,18H,11-12,15-16H2,1-2H3,(H,23,24). The molecule has 26 heavy (non-hydrogen) atoms. The van der Waals surface area contributed by atoms with Crippen LogP contribution in [0.2, 0.25) is 0 Å². The molecule has 3 aromatic rings. The van der Waals surface area contributed by atoms with Crippen molar-refractivity contribution in [2.75, 3.05) is 24.5 Å². The van der Waals surface area contributed by atoms with E-state index < -0.39 is 0 Å². The SMILES string of the molecule is Cc1cccc(N2CCN(Cc3cnc(-c4ccccc4)[nH]3)CC2C)c1. The fraction of sp³-hybridized carbons (Fsp3) is 0.318. The van der Waals surface area contributed by atoms with Crippen LogP contribution in [0.25, 0.3) is 11.4 Å². The van der Waals surface area contributed by atoms with Gasteiger partial charge in [-0.05, 0) is 31.5 Å². The molecular weight excluding hydrogens is 320 g/mol. The molecule has 2 heterocycles. The van der Waals surface area contributed by atoms with Crippen molar-refractivity contribution in [1.82, 2.24) is 14.9 Å². The highest BCUT2D eigenvalue weighted by molar-refractivity contribution is 5.54. The monoisotopic (exact) mass is 346 g/mol. The molecule has 0 radical (unpaired) electrons. The van der Waals surface area contributed by atoms with Gasteiger partial charge in [-0.1, -0.05) is 42.5 Å². The Hall–Kier alpha value is -2.59. The van der Waals surface area contributed by atoms with Gasteiger partial charge in [-0.15, -0.1) is 0 Å². The summed E-state index contributed by atoms with van der Waals surface area (Å²) in [6.45, 7) is 8.59. The van der Waals surface area contributed by atoms with Crippen LogP contribution in [0, 0.1) is 6.92 Å². The summed E-state index contributed by atoms with van der Waals surface area (Å²) >= 11 is 0. The van der Waals surface area contributed by atoms with Crippen LogP contribution in [0.15, 0.2) is 60.8 Å². The van der Waals surface area contributed by atoms with Crippen LogP contribution in [0.1, 0.15) is 18.2 Å². The van der Waals surface area contributed by atoms with E-state index in [1.165, 1.54) is 16.9 Å². The average Bonchev–Trinajstić information content (AvgIpc) is 3.11. The lowest BCUT2D eigenvalue weighted by molar-refractivity contribution is 0.219. The highest BCUT2D eigenvalue weighted by atomic mass is 15.3. The van der Waals surface area contributed by atoms with Crippen LogP contribution in [0.4, 0.5) is 5.69 Å². The van der Waals surface area contributed by atoms with Crippen LogP contribution in [0.5, 0.6) is 0 Å². The van der Waals surface area contributed by atoms with Gasteiger partial charge in [0.25, 0.3) is 0 Å². The Labute approximate surface area is 155 Å². The van der Waals surface area contributed by atoms with E-state index in [1.54, 1.807) is 0 Å². The van der Waals surface area contributed by atoms with Crippen LogP contribution in [-0.2, 0) is 6.54 Å². The fourth-order valence-corrected chi connectivity index (χ4v) is 3.79. The molecule has 4 nitrogen and oxygen atoms in total. The van der Waals surface area contributed by atoms with E-state index in [4.69, 9.17) is 0 Å². The van der Waals surface area contributed by atoms with E-state index in [0.717, 1.165) is 37.6 Å². The minimum atomic E-state index is 0.502. The number of hydrogen-bond acceptors (Lipinski definition) is 3. The van der Waals surface area contributed by atoms with Crippen molar-refractivity contribution in [3.8, 4) is 11.4 Å². The minimum Gasteiger partial charge on any atom is -0.366 e. The number of imidazole rings is 1. The highest BCUT2D eigenvalue weighted by Gasteiger charge is 2.24. The van der Waals surface area contributed by atoms with Crippen molar-refractivity contribution in [3.63, 3.8) is 0 Å². The Balaban J connectivity index is 1.40. The first-order valence-corrected chi connectivity index (χ1v) is 9.34. The molecule has 2 aromatic carbocycles. The topological polar surface area (TPSA) is 35.2 Å². The molecule has 1 aliphatic heterocycles. The number of aryl methyl sites for hydroxylation is 1. The Bertz CT molecular complexity index is 855. The number of aromatic amines is 1. The molecule has 1 atom stereocenters. The Morgan fingerprint density at radius 1 is 1.08 bits per heavy atom. The molecule has 1 aromatic heterocycles. The van der Waals surface area contributed by atoms with Gasteiger partial charge < -0.3 is 9.88 Å². The Morgan fingerprint density at radius 3 is 2.69 bits per heavy atom. The number of aromatic nitrogens is 2. The van der Waals surface area contributed by atoms with Crippen molar-refractivity contribution in [2.45, 2.75) is 26.4 Å². The number of hydrogen-bond donors (Lipinski definition) is 1. The lowest BCUT2D eigenvalue weighted by atomic mass is 10.1.